The van der Waals surface area contributed by atoms with Crippen molar-refractivity contribution < 1.29 is 18.0 Å². The van der Waals surface area contributed by atoms with Crippen molar-refractivity contribution in [3.63, 3.8) is 0 Å². The lowest BCUT2D eigenvalue weighted by atomic mass is 9.95. The second-order valence-electron chi connectivity index (χ2n) is 9.86. The molecule has 0 spiro atoms. The number of nitrogens with zero attached hydrogens (tertiary/aromatic N) is 2. The average molecular weight is 569 g/mol. The van der Waals surface area contributed by atoms with Crippen LogP contribution in [0.2, 0.25) is 10.0 Å². The summed E-state index contributed by atoms with van der Waals surface area (Å²) < 4.78 is 26.6. The summed E-state index contributed by atoms with van der Waals surface area (Å²) in [6.07, 6.45) is 6.12. The van der Waals surface area contributed by atoms with E-state index in [0.29, 0.717) is 21.3 Å². The molecule has 2 aromatic rings. The molecular weight excluding hydrogens is 533 g/mol. The normalized spacial score (nSPS) is 15.2. The average Bonchev–Trinajstić information content (AvgIpc) is 2.81. The molecule has 2 aromatic carbocycles. The predicted molar refractivity (Wildman–Crippen MR) is 150 cm³/mol. The zero-order valence-electron chi connectivity index (χ0n) is 21.8. The number of nitrogens with one attached hydrogen (secondary N) is 1. The van der Waals surface area contributed by atoms with Gasteiger partial charge in [0.05, 0.1) is 11.9 Å². The number of hydrogen-bond donors (Lipinski definition) is 1. The second kappa shape index (κ2) is 12.5. The Hall–Kier alpha value is -2.29. The van der Waals surface area contributed by atoms with Crippen molar-refractivity contribution in [3.05, 3.63) is 63.1 Å². The number of benzene rings is 2. The third kappa shape index (κ3) is 7.85. The van der Waals surface area contributed by atoms with E-state index in [9.17, 15) is 18.0 Å². The van der Waals surface area contributed by atoms with Crippen molar-refractivity contribution in [1.29, 1.82) is 0 Å². The fourth-order valence-corrected chi connectivity index (χ4v) is 6.06. The Bertz CT molecular complexity index is 1210. The van der Waals surface area contributed by atoms with Crippen molar-refractivity contribution in [2.45, 2.75) is 71.5 Å². The summed E-state index contributed by atoms with van der Waals surface area (Å²) in [6, 6.07) is 9.58. The van der Waals surface area contributed by atoms with Gasteiger partial charge in [-0.25, -0.2) is 8.42 Å². The summed E-state index contributed by atoms with van der Waals surface area (Å²) in [6.45, 7) is 4.86. The molecule has 7 nitrogen and oxygen atoms in total. The number of hydrogen-bond acceptors (Lipinski definition) is 4. The fourth-order valence-electron chi connectivity index (χ4n) is 4.71. The zero-order valence-corrected chi connectivity index (χ0v) is 24.1. The summed E-state index contributed by atoms with van der Waals surface area (Å²) in [7, 11) is -3.80. The van der Waals surface area contributed by atoms with Gasteiger partial charge in [-0.1, -0.05) is 54.6 Å². The Morgan fingerprint density at radius 3 is 2.14 bits per heavy atom. The van der Waals surface area contributed by atoms with E-state index < -0.39 is 28.5 Å². The van der Waals surface area contributed by atoms with Crippen LogP contribution < -0.4 is 9.62 Å². The number of halogens is 2. The van der Waals surface area contributed by atoms with Crippen molar-refractivity contribution in [2.75, 3.05) is 17.1 Å². The number of amides is 2. The second-order valence-corrected chi connectivity index (χ2v) is 12.6. The van der Waals surface area contributed by atoms with Crippen LogP contribution in [-0.2, 0) is 26.2 Å². The third-order valence-corrected chi connectivity index (χ3v) is 8.53. The van der Waals surface area contributed by atoms with Gasteiger partial charge in [-0.2, -0.15) is 0 Å². The van der Waals surface area contributed by atoms with Gasteiger partial charge in [0.2, 0.25) is 21.8 Å². The Labute approximate surface area is 230 Å². The molecule has 10 heteroatoms. The summed E-state index contributed by atoms with van der Waals surface area (Å²) in [4.78, 5) is 28.4. The zero-order chi connectivity index (χ0) is 27.3. The molecular formula is C27H35Cl2N3O4S. The summed E-state index contributed by atoms with van der Waals surface area (Å²) in [5, 5.41) is 3.79. The minimum absolute atomic E-state index is 0.0406. The molecule has 0 radical (unpaired) electrons. The Kier molecular flexibility index (Phi) is 9.89. The van der Waals surface area contributed by atoms with Crippen LogP contribution in [0, 0.1) is 13.8 Å². The lowest BCUT2D eigenvalue weighted by Gasteiger charge is -2.33. The highest BCUT2D eigenvalue weighted by atomic mass is 35.5. The first kappa shape index (κ1) is 29.3. The number of carbonyl (C=O) groups is 2. The van der Waals surface area contributed by atoms with Crippen LogP contribution in [-0.4, -0.2) is 50.0 Å². The van der Waals surface area contributed by atoms with Crippen molar-refractivity contribution in [2.24, 2.45) is 0 Å². The molecule has 1 fully saturated rings. The number of anilines is 1. The molecule has 0 heterocycles. The van der Waals surface area contributed by atoms with Crippen molar-refractivity contribution in [3.8, 4) is 0 Å². The van der Waals surface area contributed by atoms with Gasteiger partial charge in [-0.3, -0.25) is 13.9 Å². The van der Waals surface area contributed by atoms with Gasteiger partial charge in [-0.05, 0) is 69.0 Å². The highest BCUT2D eigenvalue weighted by Crippen LogP contribution is 2.28. The number of rotatable bonds is 9. The van der Waals surface area contributed by atoms with E-state index in [1.54, 1.807) is 37.3 Å². The van der Waals surface area contributed by atoms with Crippen molar-refractivity contribution in [1.82, 2.24) is 10.2 Å². The molecule has 0 aliphatic heterocycles. The number of carbonyl (C=O) groups excluding carboxylic acids is 2. The summed E-state index contributed by atoms with van der Waals surface area (Å²) in [5.74, 6) is -0.826. The topological polar surface area (TPSA) is 86.8 Å². The minimum Gasteiger partial charge on any atom is -0.352 e. The molecule has 37 heavy (non-hydrogen) atoms. The SMILES string of the molecule is Cc1cc(C)cc(N(CC(=O)N(Cc2c(Cl)cccc2Cl)[C@@H](C)C(=O)NC2CCCCC2)S(C)(=O)=O)c1. The third-order valence-electron chi connectivity index (χ3n) is 6.68. The van der Waals surface area contributed by atoms with Gasteiger partial charge >= 0.3 is 0 Å². The van der Waals surface area contributed by atoms with E-state index in [0.717, 1.165) is 53.8 Å². The molecule has 0 bridgehead atoms. The van der Waals surface area contributed by atoms with E-state index in [-0.39, 0.29) is 18.5 Å². The van der Waals surface area contributed by atoms with Gasteiger partial charge in [0.25, 0.3) is 0 Å². The lowest BCUT2D eigenvalue weighted by molar-refractivity contribution is -0.139. The molecule has 1 saturated carbocycles. The molecule has 1 aliphatic carbocycles. The van der Waals surface area contributed by atoms with Crippen LogP contribution in [0.3, 0.4) is 0 Å². The quantitative estimate of drug-likeness (QED) is 0.448. The summed E-state index contributed by atoms with van der Waals surface area (Å²) in [5.41, 5.74) is 2.63. The van der Waals surface area contributed by atoms with E-state index in [1.807, 2.05) is 19.9 Å². The standard InChI is InChI=1S/C27H35Cl2N3O4S/c1-18-13-19(2)15-22(14-18)32(37(4,35)36)17-26(33)31(16-23-24(28)11-8-12-25(23)29)20(3)27(34)30-21-9-6-5-7-10-21/h8,11-15,20-21H,5-7,9-10,16-17H2,1-4H3,(H,30,34)/t20-/m0/s1. The van der Waals surface area contributed by atoms with Gasteiger partial charge < -0.3 is 10.2 Å². The first-order chi connectivity index (χ1) is 17.4. The van der Waals surface area contributed by atoms with Crippen LogP contribution in [0.1, 0.15) is 55.7 Å². The first-order valence-electron chi connectivity index (χ1n) is 12.5. The van der Waals surface area contributed by atoms with Crippen LogP contribution in [0.25, 0.3) is 0 Å². The maximum absolute atomic E-state index is 13.8. The molecule has 2 amide bonds. The van der Waals surface area contributed by atoms with Crippen LogP contribution >= 0.6 is 23.2 Å². The van der Waals surface area contributed by atoms with E-state index in [1.165, 1.54) is 4.90 Å². The molecule has 0 saturated heterocycles. The molecule has 1 N–H and O–H groups in total. The highest BCUT2D eigenvalue weighted by Gasteiger charge is 2.32. The van der Waals surface area contributed by atoms with Gasteiger partial charge in [0.1, 0.15) is 12.6 Å². The highest BCUT2D eigenvalue weighted by molar-refractivity contribution is 7.92. The molecule has 1 aliphatic rings. The number of aryl methyl sites for hydroxylation is 2. The molecule has 3 rings (SSSR count). The smallest absolute Gasteiger partial charge is 0.244 e. The Morgan fingerprint density at radius 1 is 1.03 bits per heavy atom. The summed E-state index contributed by atoms with van der Waals surface area (Å²) >= 11 is 12.8. The molecule has 202 valence electrons. The fraction of sp³-hybridized carbons (Fsp3) is 0.481. The van der Waals surface area contributed by atoms with E-state index in [2.05, 4.69) is 5.32 Å². The minimum atomic E-state index is -3.80. The van der Waals surface area contributed by atoms with Crippen LogP contribution in [0.15, 0.2) is 36.4 Å². The van der Waals surface area contributed by atoms with Gasteiger partial charge in [0, 0.05) is 28.2 Å². The van der Waals surface area contributed by atoms with Gasteiger partial charge in [-0.15, -0.1) is 0 Å². The molecule has 0 unspecified atom stereocenters. The van der Waals surface area contributed by atoms with Crippen molar-refractivity contribution >= 4 is 50.7 Å². The lowest BCUT2D eigenvalue weighted by Crippen LogP contribution is -2.53. The Balaban J connectivity index is 1.94. The molecule has 0 aromatic heterocycles. The van der Waals surface area contributed by atoms with E-state index in [4.69, 9.17) is 23.2 Å². The van der Waals surface area contributed by atoms with E-state index >= 15 is 0 Å². The van der Waals surface area contributed by atoms with Crippen LogP contribution in [0.4, 0.5) is 5.69 Å². The van der Waals surface area contributed by atoms with Crippen LogP contribution in [0.5, 0.6) is 0 Å². The molecule has 1 atom stereocenters. The van der Waals surface area contributed by atoms with Gasteiger partial charge in [0.15, 0.2) is 0 Å². The monoisotopic (exact) mass is 567 g/mol. The largest absolute Gasteiger partial charge is 0.352 e. The Morgan fingerprint density at radius 2 is 1.59 bits per heavy atom. The predicted octanol–water partition coefficient (Wildman–Crippen LogP) is 5.24. The first-order valence-corrected chi connectivity index (χ1v) is 15.1. The maximum Gasteiger partial charge on any atom is 0.244 e. The maximum atomic E-state index is 13.8. The number of sulfonamides is 1.